The van der Waals surface area contributed by atoms with Gasteiger partial charge in [-0.05, 0) is 35.7 Å². The summed E-state index contributed by atoms with van der Waals surface area (Å²) in [6, 6.07) is 10.7. The molecule has 0 amide bonds. The first kappa shape index (κ1) is 14.8. The van der Waals surface area contributed by atoms with Crippen molar-refractivity contribution in [2.75, 3.05) is 0 Å². The van der Waals surface area contributed by atoms with Crippen LogP contribution in [-0.2, 0) is 11.2 Å². The van der Waals surface area contributed by atoms with Gasteiger partial charge in [0, 0.05) is 10.0 Å². The van der Waals surface area contributed by atoms with Crippen molar-refractivity contribution >= 4 is 29.2 Å². The lowest BCUT2D eigenvalue weighted by Gasteiger charge is -2.15. The quantitative estimate of drug-likeness (QED) is 0.899. The minimum Gasteiger partial charge on any atom is -0.481 e. The second-order valence-electron chi connectivity index (χ2n) is 4.35. The highest BCUT2D eigenvalue weighted by atomic mass is 35.5. The molecule has 2 rings (SSSR count). The zero-order chi connectivity index (χ0) is 14.7. The van der Waals surface area contributed by atoms with Crippen molar-refractivity contribution in [3.05, 3.63) is 69.5 Å². The molecule has 0 aromatic heterocycles. The van der Waals surface area contributed by atoms with Crippen molar-refractivity contribution in [1.29, 1.82) is 0 Å². The molecule has 0 aliphatic heterocycles. The van der Waals surface area contributed by atoms with Crippen molar-refractivity contribution in [2.45, 2.75) is 12.3 Å². The molecule has 1 atom stereocenters. The fraction of sp³-hybridized carbons (Fsp3) is 0.133. The molecule has 0 saturated carbocycles. The SMILES string of the molecule is O=C(O)C(Cc1ccccc1F)c1ccc(Cl)cc1Cl. The van der Waals surface area contributed by atoms with E-state index >= 15 is 0 Å². The number of rotatable bonds is 4. The average Bonchev–Trinajstić information content (AvgIpc) is 2.38. The van der Waals surface area contributed by atoms with Crippen LogP contribution in [0, 0.1) is 5.82 Å². The molecule has 5 heteroatoms. The van der Waals surface area contributed by atoms with Crippen molar-refractivity contribution in [2.24, 2.45) is 0 Å². The van der Waals surface area contributed by atoms with E-state index in [2.05, 4.69) is 0 Å². The Labute approximate surface area is 125 Å². The van der Waals surface area contributed by atoms with E-state index in [0.717, 1.165) is 0 Å². The number of halogens is 3. The maximum atomic E-state index is 13.6. The van der Waals surface area contributed by atoms with Crippen LogP contribution in [0.2, 0.25) is 10.0 Å². The van der Waals surface area contributed by atoms with Gasteiger partial charge in [0.15, 0.2) is 0 Å². The Morgan fingerprint density at radius 3 is 2.50 bits per heavy atom. The summed E-state index contributed by atoms with van der Waals surface area (Å²) in [4.78, 5) is 11.4. The number of carboxylic acid groups (broad SMARTS) is 1. The Balaban J connectivity index is 2.37. The van der Waals surface area contributed by atoms with Crippen LogP contribution in [0.3, 0.4) is 0 Å². The third-order valence-corrected chi connectivity index (χ3v) is 3.58. The van der Waals surface area contributed by atoms with E-state index in [0.29, 0.717) is 16.1 Å². The van der Waals surface area contributed by atoms with Crippen LogP contribution in [0.1, 0.15) is 17.0 Å². The van der Waals surface area contributed by atoms with Crippen molar-refractivity contribution in [3.8, 4) is 0 Å². The Morgan fingerprint density at radius 2 is 1.90 bits per heavy atom. The molecule has 0 radical (unpaired) electrons. The van der Waals surface area contributed by atoms with Gasteiger partial charge in [-0.2, -0.15) is 0 Å². The van der Waals surface area contributed by atoms with E-state index in [1.165, 1.54) is 12.1 Å². The summed E-state index contributed by atoms with van der Waals surface area (Å²) >= 11 is 11.8. The summed E-state index contributed by atoms with van der Waals surface area (Å²) in [5.41, 5.74) is 0.762. The maximum absolute atomic E-state index is 13.6. The Kier molecular flexibility index (Phi) is 4.63. The molecular formula is C15H11Cl2FO2. The second-order valence-corrected chi connectivity index (χ2v) is 5.20. The van der Waals surface area contributed by atoms with Gasteiger partial charge < -0.3 is 5.11 Å². The smallest absolute Gasteiger partial charge is 0.311 e. The van der Waals surface area contributed by atoms with Gasteiger partial charge in [-0.25, -0.2) is 4.39 Å². The summed E-state index contributed by atoms with van der Waals surface area (Å²) in [6.45, 7) is 0. The summed E-state index contributed by atoms with van der Waals surface area (Å²) in [5.74, 6) is -2.40. The highest BCUT2D eigenvalue weighted by Crippen LogP contribution is 2.30. The summed E-state index contributed by atoms with van der Waals surface area (Å²) < 4.78 is 13.6. The van der Waals surface area contributed by atoms with Crippen molar-refractivity contribution < 1.29 is 14.3 Å². The molecule has 1 N–H and O–H groups in total. The first-order valence-corrected chi connectivity index (χ1v) is 6.66. The Bertz CT molecular complexity index is 644. The molecule has 0 fully saturated rings. The fourth-order valence-corrected chi connectivity index (χ4v) is 2.54. The van der Waals surface area contributed by atoms with Crippen LogP contribution < -0.4 is 0 Å². The number of carbonyl (C=O) groups is 1. The molecule has 0 bridgehead atoms. The monoisotopic (exact) mass is 312 g/mol. The van der Waals surface area contributed by atoms with Gasteiger partial charge in [0.1, 0.15) is 5.82 Å². The molecule has 2 aromatic rings. The molecule has 0 aliphatic rings. The summed E-state index contributed by atoms with van der Waals surface area (Å²) in [6.07, 6.45) is 0.0311. The number of hydrogen-bond acceptors (Lipinski definition) is 1. The van der Waals surface area contributed by atoms with Crippen LogP contribution in [0.4, 0.5) is 4.39 Å². The molecule has 2 nitrogen and oxygen atoms in total. The van der Waals surface area contributed by atoms with E-state index in [-0.39, 0.29) is 11.4 Å². The van der Waals surface area contributed by atoms with Gasteiger partial charge in [0.05, 0.1) is 5.92 Å². The maximum Gasteiger partial charge on any atom is 0.311 e. The average molecular weight is 313 g/mol. The molecule has 0 spiro atoms. The highest BCUT2D eigenvalue weighted by molar-refractivity contribution is 6.35. The summed E-state index contributed by atoms with van der Waals surface area (Å²) in [7, 11) is 0. The van der Waals surface area contributed by atoms with E-state index in [4.69, 9.17) is 23.2 Å². The third-order valence-electron chi connectivity index (χ3n) is 3.02. The highest BCUT2D eigenvalue weighted by Gasteiger charge is 2.24. The normalized spacial score (nSPS) is 12.2. The molecule has 0 aliphatic carbocycles. The van der Waals surface area contributed by atoms with Gasteiger partial charge >= 0.3 is 5.97 Å². The zero-order valence-corrected chi connectivity index (χ0v) is 11.8. The number of hydrogen-bond donors (Lipinski definition) is 1. The largest absolute Gasteiger partial charge is 0.481 e. The molecule has 20 heavy (non-hydrogen) atoms. The van der Waals surface area contributed by atoms with E-state index in [9.17, 15) is 14.3 Å². The predicted octanol–water partition coefficient (Wildman–Crippen LogP) is 4.54. The second kappa shape index (κ2) is 6.25. The first-order chi connectivity index (χ1) is 9.49. The molecule has 2 aromatic carbocycles. The van der Waals surface area contributed by atoms with Crippen LogP contribution in [0.25, 0.3) is 0 Å². The van der Waals surface area contributed by atoms with Gasteiger partial charge in [0.25, 0.3) is 0 Å². The Morgan fingerprint density at radius 1 is 1.20 bits per heavy atom. The van der Waals surface area contributed by atoms with Crippen molar-refractivity contribution in [3.63, 3.8) is 0 Å². The lowest BCUT2D eigenvalue weighted by molar-refractivity contribution is -0.138. The van der Waals surface area contributed by atoms with Crippen molar-refractivity contribution in [1.82, 2.24) is 0 Å². The minimum atomic E-state index is -1.06. The standard InChI is InChI=1S/C15H11Cl2FO2/c16-10-5-6-11(13(17)8-10)12(15(19)20)7-9-3-1-2-4-14(9)18/h1-6,8,12H,7H2,(H,19,20). The molecule has 0 heterocycles. The Hall–Kier alpha value is -1.58. The van der Waals surface area contributed by atoms with Gasteiger partial charge in [-0.15, -0.1) is 0 Å². The van der Waals surface area contributed by atoms with Crippen LogP contribution in [0.5, 0.6) is 0 Å². The van der Waals surface area contributed by atoms with E-state index in [1.54, 1.807) is 30.3 Å². The first-order valence-electron chi connectivity index (χ1n) is 5.90. The topological polar surface area (TPSA) is 37.3 Å². The lowest BCUT2D eigenvalue weighted by atomic mass is 9.92. The fourth-order valence-electron chi connectivity index (χ4n) is 2.00. The number of benzene rings is 2. The van der Waals surface area contributed by atoms with Gasteiger partial charge in [-0.1, -0.05) is 47.5 Å². The van der Waals surface area contributed by atoms with Crippen LogP contribution >= 0.6 is 23.2 Å². The predicted molar refractivity (Wildman–Crippen MR) is 76.9 cm³/mol. The summed E-state index contributed by atoms with van der Waals surface area (Å²) in [5, 5.41) is 10.0. The minimum absolute atomic E-state index is 0.0311. The van der Waals surface area contributed by atoms with E-state index < -0.39 is 17.7 Å². The molecule has 1 unspecified atom stereocenters. The number of aliphatic carboxylic acids is 1. The van der Waals surface area contributed by atoms with Gasteiger partial charge in [-0.3, -0.25) is 4.79 Å². The number of carboxylic acids is 1. The molecular weight excluding hydrogens is 302 g/mol. The zero-order valence-electron chi connectivity index (χ0n) is 10.3. The lowest BCUT2D eigenvalue weighted by Crippen LogP contribution is -2.15. The van der Waals surface area contributed by atoms with Crippen LogP contribution in [-0.4, -0.2) is 11.1 Å². The molecule has 104 valence electrons. The molecule has 0 saturated heterocycles. The van der Waals surface area contributed by atoms with Gasteiger partial charge in [0.2, 0.25) is 0 Å². The van der Waals surface area contributed by atoms with E-state index in [1.807, 2.05) is 0 Å². The third kappa shape index (κ3) is 3.30. The van der Waals surface area contributed by atoms with Crippen LogP contribution in [0.15, 0.2) is 42.5 Å².